The zero-order valence-electron chi connectivity index (χ0n) is 11.2. The molecule has 0 radical (unpaired) electrons. The molecule has 0 saturated heterocycles. The van der Waals surface area contributed by atoms with E-state index in [-0.39, 0.29) is 29.3 Å². The summed E-state index contributed by atoms with van der Waals surface area (Å²) in [6.45, 7) is 5.84. The molecule has 2 atom stereocenters. The third kappa shape index (κ3) is 4.02. The summed E-state index contributed by atoms with van der Waals surface area (Å²) in [4.78, 5) is 23.8. The molecule has 1 amide bonds. The van der Waals surface area contributed by atoms with E-state index in [2.05, 4.69) is 5.32 Å². The maximum Gasteiger partial charge on any atom is 0.309 e. The molecule has 1 fully saturated rings. The lowest BCUT2D eigenvalue weighted by Gasteiger charge is -2.31. The molecule has 17 heavy (non-hydrogen) atoms. The van der Waals surface area contributed by atoms with Crippen molar-refractivity contribution in [1.29, 1.82) is 0 Å². The summed E-state index contributed by atoms with van der Waals surface area (Å²) in [5, 5.41) is 2.95. The first-order valence-corrected chi connectivity index (χ1v) is 6.25. The van der Waals surface area contributed by atoms with Crippen molar-refractivity contribution in [2.45, 2.75) is 52.0 Å². The highest BCUT2D eigenvalue weighted by Crippen LogP contribution is 2.31. The lowest BCUT2D eigenvalue weighted by Crippen LogP contribution is -2.47. The molecule has 0 spiro atoms. The Morgan fingerprint density at radius 1 is 1.12 bits per heavy atom. The minimum atomic E-state index is -0.268. The Bertz CT molecular complexity index is 294. The monoisotopic (exact) mass is 241 g/mol. The summed E-state index contributed by atoms with van der Waals surface area (Å²) in [5.74, 6) is -0.766. The van der Waals surface area contributed by atoms with E-state index in [4.69, 9.17) is 4.74 Å². The second-order valence-corrected chi connectivity index (χ2v) is 5.76. The second-order valence-electron chi connectivity index (χ2n) is 5.76. The maximum absolute atomic E-state index is 12.1. The lowest BCUT2D eigenvalue weighted by atomic mass is 9.78. The molecule has 1 aliphatic rings. The molecule has 1 N–H and O–H groups in total. The van der Waals surface area contributed by atoms with Crippen LogP contribution in [0.3, 0.4) is 0 Å². The normalized spacial score (nSPS) is 25.2. The minimum Gasteiger partial charge on any atom is -0.469 e. The number of hydrogen-bond acceptors (Lipinski definition) is 3. The van der Waals surface area contributed by atoms with Gasteiger partial charge in [-0.15, -0.1) is 0 Å². The number of nitrogens with one attached hydrogen (secondary N) is 1. The van der Waals surface area contributed by atoms with E-state index in [9.17, 15) is 9.59 Å². The Morgan fingerprint density at radius 3 is 2.12 bits per heavy atom. The van der Waals surface area contributed by atoms with Crippen LogP contribution in [0.15, 0.2) is 0 Å². The molecule has 0 aliphatic heterocycles. The number of methoxy groups -OCH3 is 1. The zero-order chi connectivity index (χ0) is 13.1. The van der Waals surface area contributed by atoms with Gasteiger partial charge in [0.25, 0.3) is 0 Å². The van der Waals surface area contributed by atoms with Gasteiger partial charge in [0.1, 0.15) is 0 Å². The highest BCUT2D eigenvalue weighted by molar-refractivity contribution is 5.85. The fourth-order valence-electron chi connectivity index (χ4n) is 2.34. The van der Waals surface area contributed by atoms with E-state index in [0.717, 1.165) is 25.7 Å². The second kappa shape index (κ2) is 5.52. The van der Waals surface area contributed by atoms with Gasteiger partial charge in [0.05, 0.1) is 18.9 Å². The van der Waals surface area contributed by atoms with E-state index in [1.807, 2.05) is 20.8 Å². The van der Waals surface area contributed by atoms with Gasteiger partial charge < -0.3 is 10.1 Å². The van der Waals surface area contributed by atoms with E-state index in [1.54, 1.807) is 0 Å². The van der Waals surface area contributed by atoms with Crippen molar-refractivity contribution in [2.24, 2.45) is 11.8 Å². The number of rotatable bonds is 2. The fourth-order valence-corrected chi connectivity index (χ4v) is 2.34. The number of ether oxygens (including phenoxy) is 1. The molecule has 98 valence electrons. The summed E-state index contributed by atoms with van der Waals surface area (Å²) in [6.07, 6.45) is 3.55. The van der Waals surface area contributed by atoms with E-state index >= 15 is 0 Å². The van der Waals surface area contributed by atoms with Gasteiger partial charge in [-0.1, -0.05) is 12.8 Å². The van der Waals surface area contributed by atoms with Gasteiger partial charge in [-0.05, 0) is 33.6 Å². The predicted octanol–water partition coefficient (Wildman–Crippen LogP) is 1.88. The first-order valence-electron chi connectivity index (χ1n) is 6.25. The molecule has 0 heterocycles. The molecule has 1 rings (SSSR count). The third-order valence-corrected chi connectivity index (χ3v) is 3.10. The molecule has 1 aliphatic carbocycles. The first-order chi connectivity index (χ1) is 7.85. The van der Waals surface area contributed by atoms with Crippen molar-refractivity contribution in [3.05, 3.63) is 0 Å². The Morgan fingerprint density at radius 2 is 1.65 bits per heavy atom. The summed E-state index contributed by atoms with van der Waals surface area (Å²) in [6, 6.07) is 0. The van der Waals surface area contributed by atoms with Gasteiger partial charge in [0.15, 0.2) is 0 Å². The standard InChI is InChI=1S/C13H23NO3/c1-13(2,3)14-11(15)9-7-5-6-8-10(9)12(16)17-4/h9-10H,5-8H2,1-4H3,(H,14,15). The highest BCUT2D eigenvalue weighted by atomic mass is 16.5. The minimum absolute atomic E-state index is 0.0207. The number of carbonyl (C=O) groups excluding carboxylic acids is 2. The Labute approximate surface area is 103 Å². The highest BCUT2D eigenvalue weighted by Gasteiger charge is 2.37. The maximum atomic E-state index is 12.1. The summed E-state index contributed by atoms with van der Waals surface area (Å²) in [5.41, 5.74) is -0.255. The SMILES string of the molecule is COC(=O)C1CCCCC1C(=O)NC(C)(C)C. The van der Waals surface area contributed by atoms with Crippen LogP contribution in [0.25, 0.3) is 0 Å². The van der Waals surface area contributed by atoms with Gasteiger partial charge >= 0.3 is 5.97 Å². The molecule has 4 heteroatoms. The Hall–Kier alpha value is -1.06. The average molecular weight is 241 g/mol. The third-order valence-electron chi connectivity index (χ3n) is 3.10. The van der Waals surface area contributed by atoms with Crippen LogP contribution in [-0.4, -0.2) is 24.5 Å². The van der Waals surface area contributed by atoms with Crippen LogP contribution in [0.4, 0.5) is 0 Å². The number of esters is 1. The summed E-state index contributed by atoms with van der Waals surface area (Å²) < 4.78 is 4.78. The number of hydrogen-bond donors (Lipinski definition) is 1. The summed E-state index contributed by atoms with van der Waals surface area (Å²) >= 11 is 0. The van der Waals surface area contributed by atoms with Gasteiger partial charge in [-0.2, -0.15) is 0 Å². The molecule has 0 aromatic heterocycles. The molecule has 4 nitrogen and oxygen atoms in total. The Balaban J connectivity index is 2.71. The van der Waals surface area contributed by atoms with Gasteiger partial charge in [-0.3, -0.25) is 9.59 Å². The molecule has 0 aromatic rings. The largest absolute Gasteiger partial charge is 0.469 e. The van der Waals surface area contributed by atoms with Crippen LogP contribution in [0.1, 0.15) is 46.5 Å². The molecule has 0 bridgehead atoms. The van der Waals surface area contributed by atoms with Gasteiger partial charge in [0, 0.05) is 5.54 Å². The van der Waals surface area contributed by atoms with Crippen molar-refractivity contribution in [1.82, 2.24) is 5.32 Å². The fraction of sp³-hybridized carbons (Fsp3) is 0.846. The summed E-state index contributed by atoms with van der Waals surface area (Å²) in [7, 11) is 1.38. The average Bonchev–Trinajstić information content (AvgIpc) is 2.25. The molecule has 1 saturated carbocycles. The van der Waals surface area contributed by atoms with E-state index in [1.165, 1.54) is 7.11 Å². The quantitative estimate of drug-likeness (QED) is 0.751. The molecule has 0 aromatic carbocycles. The predicted molar refractivity (Wildman–Crippen MR) is 65.4 cm³/mol. The zero-order valence-corrected chi connectivity index (χ0v) is 11.2. The van der Waals surface area contributed by atoms with Crippen LogP contribution in [-0.2, 0) is 14.3 Å². The van der Waals surface area contributed by atoms with Crippen molar-refractivity contribution in [2.75, 3.05) is 7.11 Å². The van der Waals surface area contributed by atoms with Gasteiger partial charge in [-0.25, -0.2) is 0 Å². The van der Waals surface area contributed by atoms with Crippen molar-refractivity contribution in [3.63, 3.8) is 0 Å². The molecule has 2 unspecified atom stereocenters. The lowest BCUT2D eigenvalue weighted by molar-refractivity contribution is -0.152. The van der Waals surface area contributed by atoms with Crippen LogP contribution < -0.4 is 5.32 Å². The number of carbonyl (C=O) groups is 2. The van der Waals surface area contributed by atoms with Crippen molar-refractivity contribution >= 4 is 11.9 Å². The van der Waals surface area contributed by atoms with E-state index < -0.39 is 0 Å². The topological polar surface area (TPSA) is 55.4 Å². The molecular weight excluding hydrogens is 218 g/mol. The van der Waals surface area contributed by atoms with E-state index in [0.29, 0.717) is 0 Å². The number of amides is 1. The van der Waals surface area contributed by atoms with Crippen molar-refractivity contribution in [3.8, 4) is 0 Å². The first kappa shape index (κ1) is 14.0. The smallest absolute Gasteiger partial charge is 0.309 e. The van der Waals surface area contributed by atoms with Crippen molar-refractivity contribution < 1.29 is 14.3 Å². The van der Waals surface area contributed by atoms with Crippen LogP contribution >= 0.6 is 0 Å². The van der Waals surface area contributed by atoms with Crippen LogP contribution in [0, 0.1) is 11.8 Å². The van der Waals surface area contributed by atoms with Crippen LogP contribution in [0.5, 0.6) is 0 Å². The molecular formula is C13H23NO3. The van der Waals surface area contributed by atoms with Crippen LogP contribution in [0.2, 0.25) is 0 Å². The Kier molecular flexibility index (Phi) is 4.54. The van der Waals surface area contributed by atoms with Gasteiger partial charge in [0.2, 0.25) is 5.91 Å².